The van der Waals surface area contributed by atoms with E-state index in [2.05, 4.69) is 24.4 Å². The molecule has 0 radical (unpaired) electrons. The van der Waals surface area contributed by atoms with Crippen LogP contribution in [-0.4, -0.2) is 28.8 Å². The Bertz CT molecular complexity index is 462. The lowest BCUT2D eigenvalue weighted by atomic mass is 9.90. The monoisotopic (exact) mass is 293 g/mol. The summed E-state index contributed by atoms with van der Waals surface area (Å²) in [5.74, 6) is -0.831. The van der Waals surface area contributed by atoms with Crippen LogP contribution in [0, 0.1) is 20.8 Å². The Kier molecular flexibility index (Phi) is 6.85. The molecule has 4 heteroatoms. The normalized spacial score (nSPS) is 14.0. The first-order chi connectivity index (χ1) is 9.86. The number of hydrogen-bond donors (Lipinski definition) is 3. The number of aliphatic hydroxyl groups excluding tert-OH is 1. The quantitative estimate of drug-likeness (QED) is 0.689. The van der Waals surface area contributed by atoms with Crippen LogP contribution >= 0.6 is 0 Å². The van der Waals surface area contributed by atoms with Crippen LogP contribution in [0.1, 0.15) is 54.5 Å². The minimum atomic E-state index is -0.831. The largest absolute Gasteiger partial charge is 0.481 e. The highest BCUT2D eigenvalue weighted by Gasteiger charge is 2.24. The Morgan fingerprint density at radius 2 is 1.81 bits per heavy atom. The lowest BCUT2D eigenvalue weighted by molar-refractivity contribution is -0.137. The van der Waals surface area contributed by atoms with E-state index in [0.29, 0.717) is 6.42 Å². The second kappa shape index (κ2) is 8.15. The summed E-state index contributed by atoms with van der Waals surface area (Å²) in [6.07, 6.45) is 0.741. The number of carboxylic acid groups (broad SMARTS) is 1. The summed E-state index contributed by atoms with van der Waals surface area (Å²) >= 11 is 0. The fourth-order valence-electron chi connectivity index (χ4n) is 2.84. The van der Waals surface area contributed by atoms with E-state index in [0.717, 1.165) is 29.7 Å². The Morgan fingerprint density at radius 3 is 2.29 bits per heavy atom. The number of carboxylic acids is 1. The molecular weight excluding hydrogens is 266 g/mol. The number of carbonyl (C=O) groups is 1. The summed E-state index contributed by atoms with van der Waals surface area (Å²) in [6, 6.07) is 3.88. The molecule has 1 rings (SSSR count). The van der Waals surface area contributed by atoms with Gasteiger partial charge in [0.25, 0.3) is 0 Å². The Labute approximate surface area is 127 Å². The maximum atomic E-state index is 10.8. The van der Waals surface area contributed by atoms with Gasteiger partial charge in [0.05, 0.1) is 6.10 Å². The van der Waals surface area contributed by atoms with E-state index in [4.69, 9.17) is 5.11 Å². The van der Waals surface area contributed by atoms with Crippen molar-refractivity contribution in [3.63, 3.8) is 0 Å². The van der Waals surface area contributed by atoms with E-state index >= 15 is 0 Å². The SMILES string of the molecule is CCCNC(CCC(=O)O)C(O)c1c(C)cc(C)cc1C. The van der Waals surface area contributed by atoms with Crippen molar-refractivity contribution < 1.29 is 15.0 Å². The highest BCUT2D eigenvalue weighted by atomic mass is 16.4. The first-order valence-electron chi connectivity index (χ1n) is 7.57. The summed E-state index contributed by atoms with van der Waals surface area (Å²) in [5.41, 5.74) is 4.20. The molecule has 0 aliphatic carbocycles. The van der Waals surface area contributed by atoms with Gasteiger partial charge in [-0.1, -0.05) is 24.6 Å². The van der Waals surface area contributed by atoms with Gasteiger partial charge in [0.2, 0.25) is 0 Å². The third-order valence-electron chi connectivity index (χ3n) is 3.74. The van der Waals surface area contributed by atoms with Crippen LogP contribution in [0.5, 0.6) is 0 Å². The summed E-state index contributed by atoms with van der Waals surface area (Å²) in [7, 11) is 0. The summed E-state index contributed by atoms with van der Waals surface area (Å²) < 4.78 is 0. The maximum absolute atomic E-state index is 10.8. The predicted octanol–water partition coefficient (Wildman–Crippen LogP) is 2.88. The van der Waals surface area contributed by atoms with Crippen molar-refractivity contribution in [1.29, 1.82) is 0 Å². The smallest absolute Gasteiger partial charge is 0.303 e. The third kappa shape index (κ3) is 5.14. The second-order valence-corrected chi connectivity index (χ2v) is 5.75. The van der Waals surface area contributed by atoms with Crippen molar-refractivity contribution in [2.45, 2.75) is 59.1 Å². The Hall–Kier alpha value is -1.39. The van der Waals surface area contributed by atoms with Gasteiger partial charge >= 0.3 is 5.97 Å². The van der Waals surface area contributed by atoms with Crippen LogP contribution in [0.2, 0.25) is 0 Å². The minimum Gasteiger partial charge on any atom is -0.481 e. The highest BCUT2D eigenvalue weighted by Crippen LogP contribution is 2.27. The van der Waals surface area contributed by atoms with Crippen LogP contribution < -0.4 is 5.32 Å². The van der Waals surface area contributed by atoms with Gasteiger partial charge in [-0.15, -0.1) is 0 Å². The predicted molar refractivity (Wildman–Crippen MR) is 84.6 cm³/mol. The molecule has 0 aliphatic heterocycles. The van der Waals surface area contributed by atoms with E-state index < -0.39 is 12.1 Å². The zero-order valence-corrected chi connectivity index (χ0v) is 13.4. The van der Waals surface area contributed by atoms with E-state index in [1.165, 1.54) is 5.56 Å². The third-order valence-corrected chi connectivity index (χ3v) is 3.74. The molecule has 0 fully saturated rings. The first-order valence-corrected chi connectivity index (χ1v) is 7.57. The molecule has 21 heavy (non-hydrogen) atoms. The number of aryl methyl sites for hydroxylation is 3. The first kappa shape index (κ1) is 17.7. The number of nitrogens with one attached hydrogen (secondary N) is 1. The van der Waals surface area contributed by atoms with Crippen LogP contribution in [0.25, 0.3) is 0 Å². The van der Waals surface area contributed by atoms with Gasteiger partial charge in [-0.2, -0.15) is 0 Å². The molecule has 1 aromatic carbocycles. The van der Waals surface area contributed by atoms with Crippen LogP contribution in [0.4, 0.5) is 0 Å². The molecule has 118 valence electrons. The van der Waals surface area contributed by atoms with E-state index in [1.807, 2.05) is 20.8 Å². The van der Waals surface area contributed by atoms with Crippen molar-refractivity contribution in [2.24, 2.45) is 0 Å². The second-order valence-electron chi connectivity index (χ2n) is 5.75. The van der Waals surface area contributed by atoms with Crippen LogP contribution in [-0.2, 0) is 4.79 Å². The average molecular weight is 293 g/mol. The standard InChI is InChI=1S/C17H27NO3/c1-5-8-18-14(6-7-15(19)20)17(21)16-12(3)9-11(2)10-13(16)4/h9-10,14,17-18,21H,5-8H2,1-4H3,(H,19,20). The summed E-state index contributed by atoms with van der Waals surface area (Å²) in [4.78, 5) is 10.8. The molecule has 4 nitrogen and oxygen atoms in total. The van der Waals surface area contributed by atoms with Gasteiger partial charge in [-0.05, 0) is 56.8 Å². The molecule has 0 amide bonds. The Balaban J connectivity index is 2.98. The molecule has 2 unspecified atom stereocenters. The van der Waals surface area contributed by atoms with Crippen molar-refractivity contribution in [3.8, 4) is 0 Å². The van der Waals surface area contributed by atoms with Crippen LogP contribution in [0.3, 0.4) is 0 Å². The number of benzene rings is 1. The maximum Gasteiger partial charge on any atom is 0.303 e. The molecule has 0 saturated heterocycles. The van der Waals surface area contributed by atoms with Crippen molar-refractivity contribution in [1.82, 2.24) is 5.32 Å². The summed E-state index contributed by atoms with van der Waals surface area (Å²) in [6.45, 7) is 8.84. The van der Waals surface area contributed by atoms with Gasteiger partial charge in [0.1, 0.15) is 0 Å². The fraction of sp³-hybridized carbons (Fsp3) is 0.588. The molecule has 0 spiro atoms. The van der Waals surface area contributed by atoms with Gasteiger partial charge in [-0.3, -0.25) is 4.79 Å². The van der Waals surface area contributed by atoms with Crippen molar-refractivity contribution >= 4 is 5.97 Å². The van der Waals surface area contributed by atoms with Gasteiger partial charge < -0.3 is 15.5 Å². The molecule has 2 atom stereocenters. The van der Waals surface area contributed by atoms with E-state index in [-0.39, 0.29) is 12.5 Å². The molecule has 0 saturated carbocycles. The highest BCUT2D eigenvalue weighted by molar-refractivity contribution is 5.66. The summed E-state index contributed by atoms with van der Waals surface area (Å²) in [5, 5.41) is 22.9. The lowest BCUT2D eigenvalue weighted by Gasteiger charge is -2.27. The van der Waals surface area contributed by atoms with E-state index in [1.54, 1.807) is 0 Å². The Morgan fingerprint density at radius 1 is 1.24 bits per heavy atom. The van der Waals surface area contributed by atoms with E-state index in [9.17, 15) is 9.90 Å². The molecule has 0 aliphatic rings. The number of aliphatic hydroxyl groups is 1. The fourth-order valence-corrected chi connectivity index (χ4v) is 2.84. The average Bonchev–Trinajstić information content (AvgIpc) is 2.37. The molecule has 0 bridgehead atoms. The minimum absolute atomic E-state index is 0.0579. The zero-order valence-electron chi connectivity index (χ0n) is 13.4. The van der Waals surface area contributed by atoms with Gasteiger partial charge in [-0.25, -0.2) is 0 Å². The number of aliphatic carboxylic acids is 1. The lowest BCUT2D eigenvalue weighted by Crippen LogP contribution is -2.36. The number of rotatable bonds is 8. The van der Waals surface area contributed by atoms with Crippen LogP contribution in [0.15, 0.2) is 12.1 Å². The zero-order chi connectivity index (χ0) is 16.0. The van der Waals surface area contributed by atoms with Gasteiger partial charge in [0.15, 0.2) is 0 Å². The topological polar surface area (TPSA) is 69.6 Å². The molecule has 0 aromatic heterocycles. The molecule has 1 aromatic rings. The number of hydrogen-bond acceptors (Lipinski definition) is 3. The van der Waals surface area contributed by atoms with Gasteiger partial charge in [0, 0.05) is 12.5 Å². The van der Waals surface area contributed by atoms with Crippen molar-refractivity contribution in [2.75, 3.05) is 6.54 Å². The molecule has 3 N–H and O–H groups in total. The molecule has 0 heterocycles. The molecular formula is C17H27NO3. The van der Waals surface area contributed by atoms with Crippen molar-refractivity contribution in [3.05, 3.63) is 34.4 Å².